The number of H-pyrrole nitrogens is 1. The molecule has 0 saturated carbocycles. The van der Waals surface area contributed by atoms with E-state index in [0.29, 0.717) is 6.61 Å². The Balaban J connectivity index is 1.55. The lowest BCUT2D eigenvalue weighted by atomic mass is 10.1. The number of hydrogen-bond donors (Lipinski definition) is 2. The minimum Gasteiger partial charge on any atom is -0.374 e. The first-order chi connectivity index (χ1) is 12.7. The van der Waals surface area contributed by atoms with Gasteiger partial charge in [-0.3, -0.25) is 5.10 Å². The molecule has 0 bridgehead atoms. The van der Waals surface area contributed by atoms with Crippen molar-refractivity contribution in [2.45, 2.75) is 26.6 Å². The maximum atomic E-state index is 5.65. The second-order valence-electron chi connectivity index (χ2n) is 6.22. The van der Waals surface area contributed by atoms with Crippen LogP contribution in [0.3, 0.4) is 0 Å². The first kappa shape index (κ1) is 16.7. The second kappa shape index (κ2) is 7.23. The Morgan fingerprint density at radius 2 is 2.12 bits per heavy atom. The molecular weight excluding hydrogens is 346 g/mol. The molecule has 4 aromatic rings. The molecule has 0 aliphatic heterocycles. The van der Waals surface area contributed by atoms with E-state index < -0.39 is 0 Å². The molecule has 132 valence electrons. The molecule has 0 atom stereocenters. The first-order valence-electron chi connectivity index (χ1n) is 8.41. The summed E-state index contributed by atoms with van der Waals surface area (Å²) in [6, 6.07) is 10.2. The van der Waals surface area contributed by atoms with E-state index in [1.54, 1.807) is 17.5 Å². The smallest absolute Gasteiger partial charge is 0.189 e. The minimum atomic E-state index is 0.202. The summed E-state index contributed by atoms with van der Waals surface area (Å²) >= 11 is 1.60. The minimum absolute atomic E-state index is 0.202. The highest BCUT2D eigenvalue weighted by atomic mass is 32.1. The number of ether oxygens (including phenoxy) is 1. The number of hydrogen-bond acceptors (Lipinski definition) is 6. The molecule has 0 saturated heterocycles. The summed E-state index contributed by atoms with van der Waals surface area (Å²) in [6.07, 6.45) is 5.69. The lowest BCUT2D eigenvalue weighted by Gasteiger charge is -2.08. The normalized spacial score (nSPS) is 11.3. The average Bonchev–Trinajstić information content (AvgIpc) is 3.29. The number of fused-ring (bicyclic) bond motifs is 1. The molecule has 2 N–H and O–H groups in total. The van der Waals surface area contributed by atoms with E-state index in [-0.39, 0.29) is 6.10 Å². The predicted octanol–water partition coefficient (Wildman–Crippen LogP) is 4.75. The first-order valence-corrected chi connectivity index (χ1v) is 9.22. The highest BCUT2D eigenvalue weighted by molar-refractivity contribution is 7.22. The number of thiazole rings is 1. The number of benzene rings is 1. The zero-order valence-corrected chi connectivity index (χ0v) is 15.4. The summed E-state index contributed by atoms with van der Waals surface area (Å²) in [4.78, 5) is 9.02. The summed E-state index contributed by atoms with van der Waals surface area (Å²) < 4.78 is 6.77. The number of nitrogens with one attached hydrogen (secondary N) is 2. The monoisotopic (exact) mass is 365 g/mol. The molecule has 7 heteroatoms. The topological polar surface area (TPSA) is 75.7 Å². The van der Waals surface area contributed by atoms with Crippen molar-refractivity contribution < 1.29 is 4.74 Å². The van der Waals surface area contributed by atoms with Gasteiger partial charge in [0.15, 0.2) is 5.13 Å². The fourth-order valence-electron chi connectivity index (χ4n) is 2.57. The van der Waals surface area contributed by atoms with Crippen LogP contribution in [0, 0.1) is 0 Å². The second-order valence-corrected chi connectivity index (χ2v) is 7.25. The average molecular weight is 365 g/mol. The van der Waals surface area contributed by atoms with Crippen molar-refractivity contribution in [3.05, 3.63) is 54.5 Å². The van der Waals surface area contributed by atoms with Crippen LogP contribution in [0.4, 0.5) is 10.9 Å². The van der Waals surface area contributed by atoms with Crippen molar-refractivity contribution in [3.63, 3.8) is 0 Å². The Morgan fingerprint density at radius 3 is 2.92 bits per heavy atom. The van der Waals surface area contributed by atoms with Crippen molar-refractivity contribution in [2.75, 3.05) is 5.32 Å². The molecule has 0 aliphatic carbocycles. The van der Waals surface area contributed by atoms with Crippen molar-refractivity contribution in [2.24, 2.45) is 0 Å². The quantitative estimate of drug-likeness (QED) is 0.516. The number of nitrogens with zero attached hydrogens (tertiary/aromatic N) is 3. The van der Waals surface area contributed by atoms with Gasteiger partial charge in [-0.2, -0.15) is 5.10 Å². The molecule has 3 aromatic heterocycles. The van der Waals surface area contributed by atoms with E-state index in [1.807, 2.05) is 44.4 Å². The third-order valence-corrected chi connectivity index (χ3v) is 4.80. The van der Waals surface area contributed by atoms with Gasteiger partial charge in [0.2, 0.25) is 0 Å². The van der Waals surface area contributed by atoms with Crippen LogP contribution in [-0.4, -0.2) is 26.3 Å². The third-order valence-electron chi connectivity index (χ3n) is 3.86. The Morgan fingerprint density at radius 1 is 1.19 bits per heavy atom. The summed E-state index contributed by atoms with van der Waals surface area (Å²) in [6.45, 7) is 4.63. The lowest BCUT2D eigenvalue weighted by molar-refractivity contribution is 0.0657. The van der Waals surface area contributed by atoms with Crippen molar-refractivity contribution in [1.82, 2.24) is 20.2 Å². The number of rotatable bonds is 6. The Kier molecular flexibility index (Phi) is 4.64. The van der Waals surface area contributed by atoms with Crippen LogP contribution >= 0.6 is 11.3 Å². The van der Waals surface area contributed by atoms with Crippen LogP contribution in [-0.2, 0) is 11.3 Å². The maximum absolute atomic E-state index is 5.65. The molecule has 0 unspecified atom stereocenters. The van der Waals surface area contributed by atoms with E-state index in [2.05, 4.69) is 37.6 Å². The molecule has 0 radical (unpaired) electrons. The molecule has 0 fully saturated rings. The number of anilines is 2. The Labute approximate surface area is 155 Å². The highest BCUT2D eigenvalue weighted by Crippen LogP contribution is 2.31. The summed E-state index contributed by atoms with van der Waals surface area (Å²) in [5, 5.41) is 11.0. The van der Waals surface area contributed by atoms with Crippen molar-refractivity contribution in [1.29, 1.82) is 0 Å². The predicted molar refractivity (Wildman–Crippen MR) is 105 cm³/mol. The molecule has 1 aromatic carbocycles. The van der Waals surface area contributed by atoms with Gasteiger partial charge in [-0.25, -0.2) is 9.97 Å². The van der Waals surface area contributed by atoms with Gasteiger partial charge in [0, 0.05) is 18.0 Å². The zero-order valence-electron chi connectivity index (χ0n) is 14.6. The van der Waals surface area contributed by atoms with Crippen LogP contribution in [0.2, 0.25) is 0 Å². The van der Waals surface area contributed by atoms with Gasteiger partial charge in [-0.1, -0.05) is 17.4 Å². The molecule has 0 aliphatic rings. The van der Waals surface area contributed by atoms with Crippen LogP contribution in [0.25, 0.3) is 21.3 Å². The van der Waals surface area contributed by atoms with Gasteiger partial charge in [-0.15, -0.1) is 0 Å². The number of aromatic amines is 1. The van der Waals surface area contributed by atoms with E-state index in [9.17, 15) is 0 Å². The molecule has 26 heavy (non-hydrogen) atoms. The lowest BCUT2D eigenvalue weighted by Crippen LogP contribution is -2.03. The van der Waals surface area contributed by atoms with Gasteiger partial charge in [0.05, 0.1) is 29.1 Å². The molecule has 0 spiro atoms. The van der Waals surface area contributed by atoms with Gasteiger partial charge >= 0.3 is 0 Å². The van der Waals surface area contributed by atoms with Gasteiger partial charge in [0.1, 0.15) is 5.82 Å². The van der Waals surface area contributed by atoms with Crippen molar-refractivity contribution >= 4 is 32.5 Å². The molecule has 0 amide bonds. The van der Waals surface area contributed by atoms with Crippen LogP contribution in [0.1, 0.15) is 19.4 Å². The van der Waals surface area contributed by atoms with Crippen molar-refractivity contribution in [3.8, 4) is 11.1 Å². The van der Waals surface area contributed by atoms with Gasteiger partial charge < -0.3 is 10.1 Å². The largest absolute Gasteiger partial charge is 0.374 e. The molecule has 3 heterocycles. The van der Waals surface area contributed by atoms with E-state index in [4.69, 9.17) is 4.74 Å². The van der Waals surface area contributed by atoms with E-state index >= 15 is 0 Å². The van der Waals surface area contributed by atoms with Crippen LogP contribution in [0.5, 0.6) is 0 Å². The standard InChI is InChI=1S/C19H19N5OS/c1-12(2)25-11-13-5-6-20-18(7-13)24-19-23-16-4-3-14(8-17(16)26-19)15-9-21-22-10-15/h3-10,12H,11H2,1-2H3,(H,21,22)(H,20,23,24). The fraction of sp³-hybridized carbons (Fsp3) is 0.211. The summed E-state index contributed by atoms with van der Waals surface area (Å²) in [5.41, 5.74) is 4.23. The Bertz CT molecular complexity index is 1010. The van der Waals surface area contributed by atoms with Crippen LogP contribution < -0.4 is 5.32 Å². The number of pyridine rings is 1. The van der Waals surface area contributed by atoms with E-state index in [0.717, 1.165) is 37.9 Å². The SMILES string of the molecule is CC(C)OCc1ccnc(Nc2nc3ccc(-c4cn[nH]c4)cc3s2)c1. The fourth-order valence-corrected chi connectivity index (χ4v) is 3.48. The highest BCUT2D eigenvalue weighted by Gasteiger charge is 2.08. The van der Waals surface area contributed by atoms with Gasteiger partial charge in [0.25, 0.3) is 0 Å². The van der Waals surface area contributed by atoms with Gasteiger partial charge in [-0.05, 0) is 49.2 Å². The maximum Gasteiger partial charge on any atom is 0.189 e. The summed E-state index contributed by atoms with van der Waals surface area (Å²) in [5.74, 6) is 0.768. The number of aromatic nitrogens is 4. The Hall–Kier alpha value is -2.77. The molecule has 4 rings (SSSR count). The molecular formula is C19H19N5OS. The van der Waals surface area contributed by atoms with E-state index in [1.165, 1.54) is 0 Å². The summed E-state index contributed by atoms with van der Waals surface area (Å²) in [7, 11) is 0. The zero-order chi connectivity index (χ0) is 17.9. The molecule has 6 nitrogen and oxygen atoms in total. The third kappa shape index (κ3) is 3.74. The van der Waals surface area contributed by atoms with Crippen LogP contribution in [0.15, 0.2) is 48.9 Å².